The number of hydrogen-bond donors (Lipinski definition) is 1. The van der Waals surface area contributed by atoms with Crippen LogP contribution in [-0.4, -0.2) is 19.7 Å². The van der Waals surface area contributed by atoms with Crippen molar-refractivity contribution in [3.05, 3.63) is 6.10 Å². The molecule has 1 aliphatic rings. The third-order valence-corrected chi connectivity index (χ3v) is 1.00. The van der Waals surface area contributed by atoms with Crippen molar-refractivity contribution >= 4 is 0 Å². The van der Waals surface area contributed by atoms with Gasteiger partial charge in [-0.3, -0.25) is 0 Å². The van der Waals surface area contributed by atoms with E-state index in [1.165, 1.54) is 0 Å². The highest BCUT2D eigenvalue weighted by molar-refractivity contribution is 4.77. The molecule has 41 valence electrons. The van der Waals surface area contributed by atoms with Crippen LogP contribution in [0.4, 0.5) is 0 Å². The van der Waals surface area contributed by atoms with Crippen LogP contribution in [0.2, 0.25) is 0 Å². The minimum Gasteiger partial charge on any atom is -0.370 e. The van der Waals surface area contributed by atoms with Crippen molar-refractivity contribution in [2.75, 3.05) is 19.7 Å². The van der Waals surface area contributed by atoms with Crippen LogP contribution < -0.4 is 5.32 Å². The van der Waals surface area contributed by atoms with Gasteiger partial charge in [-0.25, -0.2) is 0 Å². The summed E-state index contributed by atoms with van der Waals surface area (Å²) in [4.78, 5) is 0. The van der Waals surface area contributed by atoms with Crippen molar-refractivity contribution in [1.29, 1.82) is 0 Å². The summed E-state index contributed by atoms with van der Waals surface area (Å²) in [5.74, 6) is 0. The molecule has 0 unspecified atom stereocenters. The monoisotopic (exact) mass is 100 g/mol. The molecule has 0 bridgehead atoms. The van der Waals surface area contributed by atoms with E-state index in [4.69, 9.17) is 4.74 Å². The SMILES string of the molecule is C[C]1CNCCO1. The van der Waals surface area contributed by atoms with Crippen molar-refractivity contribution in [1.82, 2.24) is 5.32 Å². The predicted molar refractivity (Wildman–Crippen MR) is 27.7 cm³/mol. The summed E-state index contributed by atoms with van der Waals surface area (Å²) in [5.41, 5.74) is 0. The number of ether oxygens (including phenoxy) is 1. The zero-order valence-corrected chi connectivity index (χ0v) is 4.53. The maximum Gasteiger partial charge on any atom is 0.108 e. The summed E-state index contributed by atoms with van der Waals surface area (Å²) >= 11 is 0. The lowest BCUT2D eigenvalue weighted by molar-refractivity contribution is 0.119. The fraction of sp³-hybridized carbons (Fsp3) is 0.800. The van der Waals surface area contributed by atoms with Crippen LogP contribution in [0.25, 0.3) is 0 Å². The zero-order chi connectivity index (χ0) is 5.11. The molecule has 1 fully saturated rings. The lowest BCUT2D eigenvalue weighted by Gasteiger charge is -2.17. The average Bonchev–Trinajstić information content (AvgIpc) is 1.69. The largest absolute Gasteiger partial charge is 0.370 e. The molecule has 0 aromatic rings. The normalized spacial score (nSPS) is 25.3. The lowest BCUT2D eigenvalue weighted by atomic mass is 10.3. The average molecular weight is 100 g/mol. The Labute approximate surface area is 43.9 Å². The Hall–Kier alpha value is -0.0800. The van der Waals surface area contributed by atoms with Crippen LogP contribution in [0.15, 0.2) is 0 Å². The molecule has 1 N–H and O–H groups in total. The van der Waals surface area contributed by atoms with Crippen molar-refractivity contribution in [2.24, 2.45) is 0 Å². The first-order chi connectivity index (χ1) is 3.39. The van der Waals surface area contributed by atoms with E-state index in [0.717, 1.165) is 25.8 Å². The van der Waals surface area contributed by atoms with Crippen molar-refractivity contribution in [3.63, 3.8) is 0 Å². The first kappa shape index (κ1) is 5.06. The molecule has 0 aromatic carbocycles. The van der Waals surface area contributed by atoms with Gasteiger partial charge < -0.3 is 10.1 Å². The molecule has 0 amide bonds. The molecule has 0 aromatic heterocycles. The zero-order valence-electron chi connectivity index (χ0n) is 4.53. The van der Waals surface area contributed by atoms with Gasteiger partial charge in [-0.1, -0.05) is 0 Å². The second-order valence-electron chi connectivity index (χ2n) is 1.73. The molecule has 1 rings (SSSR count). The van der Waals surface area contributed by atoms with E-state index in [2.05, 4.69) is 5.32 Å². The van der Waals surface area contributed by atoms with E-state index in [1.807, 2.05) is 6.92 Å². The van der Waals surface area contributed by atoms with Gasteiger partial charge in [0.05, 0.1) is 6.61 Å². The molecule has 7 heavy (non-hydrogen) atoms. The molecular weight excluding hydrogens is 90.1 g/mol. The van der Waals surface area contributed by atoms with E-state index >= 15 is 0 Å². The fourth-order valence-electron chi connectivity index (χ4n) is 0.613. The number of nitrogens with one attached hydrogen (secondary N) is 1. The molecule has 2 heteroatoms. The van der Waals surface area contributed by atoms with Crippen LogP contribution in [0.5, 0.6) is 0 Å². The van der Waals surface area contributed by atoms with Gasteiger partial charge in [-0.15, -0.1) is 0 Å². The Balaban J connectivity index is 2.12. The Bertz CT molecular complexity index is 50.0. The second kappa shape index (κ2) is 2.28. The topological polar surface area (TPSA) is 21.3 Å². The van der Waals surface area contributed by atoms with Gasteiger partial charge in [-0.05, 0) is 6.92 Å². The smallest absolute Gasteiger partial charge is 0.108 e. The van der Waals surface area contributed by atoms with Crippen molar-refractivity contribution in [3.8, 4) is 0 Å². The second-order valence-corrected chi connectivity index (χ2v) is 1.73. The van der Waals surface area contributed by atoms with Gasteiger partial charge in [0.2, 0.25) is 0 Å². The molecule has 0 atom stereocenters. The van der Waals surface area contributed by atoms with Crippen LogP contribution in [0.1, 0.15) is 6.92 Å². The van der Waals surface area contributed by atoms with Crippen LogP contribution in [0.3, 0.4) is 0 Å². The molecule has 0 spiro atoms. The summed E-state index contributed by atoms with van der Waals surface area (Å²) in [6.45, 7) is 4.76. The Morgan fingerprint density at radius 3 is 2.86 bits per heavy atom. The summed E-state index contributed by atoms with van der Waals surface area (Å²) in [7, 11) is 0. The number of morpholine rings is 1. The quantitative estimate of drug-likeness (QED) is 0.468. The minimum absolute atomic E-state index is 0.839. The summed E-state index contributed by atoms with van der Waals surface area (Å²) in [5, 5.41) is 3.17. The molecule has 1 aliphatic heterocycles. The van der Waals surface area contributed by atoms with Gasteiger partial charge in [0, 0.05) is 13.1 Å². The molecule has 2 nitrogen and oxygen atoms in total. The van der Waals surface area contributed by atoms with Gasteiger partial charge >= 0.3 is 0 Å². The standard InChI is InChI=1S/C5H10NO/c1-5-4-6-2-3-7-5/h6H,2-4H2,1H3. The predicted octanol–water partition coefficient (Wildman–Crippen LogP) is 0.158. The molecule has 0 saturated carbocycles. The summed E-state index contributed by atoms with van der Waals surface area (Å²) in [6, 6.07) is 0. The van der Waals surface area contributed by atoms with Crippen LogP contribution in [0, 0.1) is 6.10 Å². The Kier molecular flexibility index (Phi) is 1.65. The molecule has 1 saturated heterocycles. The highest BCUT2D eigenvalue weighted by Crippen LogP contribution is 2.00. The maximum absolute atomic E-state index is 5.13. The first-order valence-corrected chi connectivity index (χ1v) is 2.55. The summed E-state index contributed by atoms with van der Waals surface area (Å²) < 4.78 is 5.13. The van der Waals surface area contributed by atoms with Gasteiger partial charge in [0.1, 0.15) is 6.10 Å². The third-order valence-electron chi connectivity index (χ3n) is 1.00. The Morgan fingerprint density at radius 2 is 2.57 bits per heavy atom. The van der Waals surface area contributed by atoms with E-state index in [1.54, 1.807) is 0 Å². The highest BCUT2D eigenvalue weighted by Gasteiger charge is 2.06. The Morgan fingerprint density at radius 1 is 1.71 bits per heavy atom. The van der Waals surface area contributed by atoms with Crippen LogP contribution in [-0.2, 0) is 4.74 Å². The number of rotatable bonds is 0. The summed E-state index contributed by atoms with van der Waals surface area (Å²) in [6.07, 6.45) is 1.10. The molecular formula is C5H10NO. The minimum atomic E-state index is 0.839. The van der Waals surface area contributed by atoms with E-state index in [-0.39, 0.29) is 0 Å². The van der Waals surface area contributed by atoms with E-state index in [9.17, 15) is 0 Å². The molecule has 1 radical (unpaired) electrons. The van der Waals surface area contributed by atoms with E-state index in [0.29, 0.717) is 0 Å². The third kappa shape index (κ3) is 1.45. The lowest BCUT2D eigenvalue weighted by Crippen LogP contribution is -2.31. The molecule has 1 heterocycles. The van der Waals surface area contributed by atoms with E-state index < -0.39 is 0 Å². The maximum atomic E-state index is 5.13. The van der Waals surface area contributed by atoms with Crippen molar-refractivity contribution in [2.45, 2.75) is 6.92 Å². The molecule has 0 aliphatic carbocycles. The van der Waals surface area contributed by atoms with Gasteiger partial charge in [0.25, 0.3) is 0 Å². The van der Waals surface area contributed by atoms with Crippen molar-refractivity contribution < 1.29 is 4.74 Å². The van der Waals surface area contributed by atoms with Gasteiger partial charge in [-0.2, -0.15) is 0 Å². The van der Waals surface area contributed by atoms with Crippen LogP contribution >= 0.6 is 0 Å². The first-order valence-electron chi connectivity index (χ1n) is 2.55. The number of hydrogen-bond acceptors (Lipinski definition) is 2. The fourth-order valence-corrected chi connectivity index (χ4v) is 0.613. The highest BCUT2D eigenvalue weighted by atomic mass is 16.5. The van der Waals surface area contributed by atoms with Gasteiger partial charge in [0.15, 0.2) is 0 Å².